The van der Waals surface area contributed by atoms with Gasteiger partial charge in [-0.2, -0.15) is 0 Å². The monoisotopic (exact) mass is 224 g/mol. The third kappa shape index (κ3) is 1.91. The first kappa shape index (κ1) is 9.40. The quantitative estimate of drug-likeness (QED) is 0.509. The zero-order valence-corrected chi connectivity index (χ0v) is 10.3. The van der Waals surface area contributed by atoms with Crippen LogP contribution in [-0.2, 0) is 6.04 Å². The van der Waals surface area contributed by atoms with Crippen LogP contribution < -0.4 is 0 Å². The molecule has 0 aliphatic carbocycles. The fraction of sp³-hybridized carbons (Fsp3) is 0.143. The molecule has 1 rings (SSSR count). The fourth-order valence-electron chi connectivity index (χ4n) is 0.893. The Bertz CT molecular complexity index is 273. The van der Waals surface area contributed by atoms with Crippen molar-refractivity contribution in [3.8, 4) is 0 Å². The molecule has 0 aliphatic heterocycles. The van der Waals surface area contributed by atoms with E-state index in [4.69, 9.17) is 34.8 Å². The van der Waals surface area contributed by atoms with Crippen molar-refractivity contribution in [1.82, 2.24) is 0 Å². The van der Waals surface area contributed by atoms with Gasteiger partial charge in [-0.15, -0.1) is 0 Å². The molecule has 0 unspecified atom stereocenters. The predicted molar refractivity (Wildman–Crippen MR) is 55.1 cm³/mol. The number of hydrogen-bond acceptors (Lipinski definition) is 0. The van der Waals surface area contributed by atoms with Gasteiger partial charge in [0.25, 0.3) is 0 Å². The number of halogens is 3. The third-order valence-electron chi connectivity index (χ3n) is 1.49. The molecule has 0 radical (unpaired) electrons. The van der Waals surface area contributed by atoms with E-state index in [0.717, 1.165) is 26.9 Å². The topological polar surface area (TPSA) is 0 Å². The fourth-order valence-corrected chi connectivity index (χ4v) is 2.89. The van der Waals surface area contributed by atoms with Crippen LogP contribution in [0.25, 0.3) is 0 Å². The highest BCUT2D eigenvalue weighted by atomic mass is 35.5. The Morgan fingerprint density at radius 2 is 1.64 bits per heavy atom. The average molecular weight is 226 g/mol. The molecule has 1 aromatic carbocycles. The van der Waals surface area contributed by atoms with Crippen molar-refractivity contribution in [2.75, 3.05) is 0 Å². The molecule has 11 heavy (non-hydrogen) atoms. The molecule has 0 spiro atoms. The SMILES string of the molecule is [SiH3]Cc1c(Cl)ccc(Cl)c1Cl. The molecule has 1 aromatic rings. The van der Waals surface area contributed by atoms with Gasteiger partial charge in [0.15, 0.2) is 0 Å². The maximum absolute atomic E-state index is 5.90. The van der Waals surface area contributed by atoms with Gasteiger partial charge in [-0.3, -0.25) is 0 Å². The minimum Gasteiger partial charge on any atom is -0.0840 e. The van der Waals surface area contributed by atoms with E-state index in [2.05, 4.69) is 0 Å². The van der Waals surface area contributed by atoms with E-state index in [0.29, 0.717) is 10.0 Å². The van der Waals surface area contributed by atoms with Crippen LogP contribution in [0.3, 0.4) is 0 Å². The Hall–Kier alpha value is 0.307. The van der Waals surface area contributed by atoms with Crippen molar-refractivity contribution in [3.63, 3.8) is 0 Å². The first-order valence-corrected chi connectivity index (χ1v) is 5.84. The van der Waals surface area contributed by atoms with Crippen LogP contribution >= 0.6 is 34.8 Å². The maximum atomic E-state index is 5.90. The third-order valence-corrected chi connectivity index (χ3v) is 3.40. The van der Waals surface area contributed by atoms with Crippen LogP contribution in [0.15, 0.2) is 12.1 Å². The molecule has 0 saturated heterocycles. The van der Waals surface area contributed by atoms with Crippen LogP contribution in [-0.4, -0.2) is 10.2 Å². The Morgan fingerprint density at radius 3 is 2.09 bits per heavy atom. The van der Waals surface area contributed by atoms with Crippen LogP contribution in [0.1, 0.15) is 5.56 Å². The highest BCUT2D eigenvalue weighted by Crippen LogP contribution is 2.30. The van der Waals surface area contributed by atoms with E-state index < -0.39 is 0 Å². The number of benzene rings is 1. The molecule has 60 valence electrons. The molecule has 0 aromatic heterocycles. The molecule has 0 atom stereocenters. The lowest BCUT2D eigenvalue weighted by Crippen LogP contribution is -1.87. The molecular formula is C7H7Cl3Si. The first-order valence-electron chi connectivity index (χ1n) is 3.29. The molecule has 0 N–H and O–H groups in total. The summed E-state index contributed by atoms with van der Waals surface area (Å²) in [6, 6.07) is 4.44. The van der Waals surface area contributed by atoms with Crippen LogP contribution in [0.4, 0.5) is 0 Å². The second-order valence-corrected chi connectivity index (χ2v) is 4.07. The minimum absolute atomic E-state index is 0.585. The normalized spacial score (nSPS) is 10.5. The van der Waals surface area contributed by atoms with Gasteiger partial charge in [0.2, 0.25) is 0 Å². The second kappa shape index (κ2) is 3.81. The summed E-state index contributed by atoms with van der Waals surface area (Å²) in [5.74, 6) is 0. The Labute approximate surface area is 83.9 Å². The Kier molecular flexibility index (Phi) is 3.25. The summed E-state index contributed by atoms with van der Waals surface area (Å²) in [6.45, 7) is 0. The summed E-state index contributed by atoms with van der Waals surface area (Å²) < 4.78 is 0. The van der Waals surface area contributed by atoms with Crippen molar-refractivity contribution in [2.45, 2.75) is 6.04 Å². The molecule has 0 nitrogen and oxygen atoms in total. The molecule has 0 saturated carbocycles. The van der Waals surface area contributed by atoms with Crippen molar-refractivity contribution >= 4 is 45.0 Å². The molecule has 0 aliphatic rings. The minimum atomic E-state index is 0.585. The van der Waals surface area contributed by atoms with E-state index in [-0.39, 0.29) is 0 Å². The summed E-state index contributed by atoms with van der Waals surface area (Å²) in [6.07, 6.45) is 0. The Balaban J connectivity index is 3.29. The first-order chi connectivity index (χ1) is 5.16. The maximum Gasteiger partial charge on any atom is 0.0635 e. The summed E-state index contributed by atoms with van der Waals surface area (Å²) in [7, 11) is 1.04. The smallest absolute Gasteiger partial charge is 0.0635 e. The number of hydrogen-bond donors (Lipinski definition) is 0. The lowest BCUT2D eigenvalue weighted by Gasteiger charge is -2.04. The zero-order chi connectivity index (χ0) is 8.43. The van der Waals surface area contributed by atoms with E-state index >= 15 is 0 Å². The van der Waals surface area contributed by atoms with Crippen molar-refractivity contribution in [1.29, 1.82) is 0 Å². The lowest BCUT2D eigenvalue weighted by molar-refractivity contribution is 1.40. The molecule has 4 heteroatoms. The van der Waals surface area contributed by atoms with Gasteiger partial charge in [0.05, 0.1) is 10.0 Å². The number of rotatable bonds is 1. The molecule has 0 amide bonds. The highest BCUT2D eigenvalue weighted by Gasteiger charge is 2.06. The van der Waals surface area contributed by atoms with E-state index in [9.17, 15) is 0 Å². The predicted octanol–water partition coefficient (Wildman–Crippen LogP) is 2.51. The van der Waals surface area contributed by atoms with Crippen LogP contribution in [0.5, 0.6) is 0 Å². The molecule has 0 bridgehead atoms. The van der Waals surface area contributed by atoms with Gasteiger partial charge in [0.1, 0.15) is 0 Å². The van der Waals surface area contributed by atoms with Gasteiger partial charge >= 0.3 is 0 Å². The van der Waals surface area contributed by atoms with Gasteiger partial charge in [-0.05, 0) is 23.7 Å². The summed E-state index contributed by atoms with van der Waals surface area (Å²) in [5.41, 5.74) is 0.979. The van der Waals surface area contributed by atoms with E-state index in [1.165, 1.54) is 0 Å². The van der Waals surface area contributed by atoms with Gasteiger partial charge in [-0.25, -0.2) is 0 Å². The highest BCUT2D eigenvalue weighted by molar-refractivity contribution is 6.44. The molecular weight excluding hydrogens is 219 g/mol. The Morgan fingerprint density at radius 1 is 1.09 bits per heavy atom. The summed E-state index contributed by atoms with van der Waals surface area (Å²) >= 11 is 17.6. The van der Waals surface area contributed by atoms with Crippen molar-refractivity contribution < 1.29 is 0 Å². The molecule has 0 fully saturated rings. The van der Waals surface area contributed by atoms with Crippen LogP contribution in [0.2, 0.25) is 15.1 Å². The van der Waals surface area contributed by atoms with Gasteiger partial charge < -0.3 is 0 Å². The van der Waals surface area contributed by atoms with Crippen molar-refractivity contribution in [3.05, 3.63) is 32.8 Å². The zero-order valence-electron chi connectivity index (χ0n) is 6.00. The molecule has 0 heterocycles. The summed E-state index contributed by atoms with van der Waals surface area (Å²) in [4.78, 5) is 0. The lowest BCUT2D eigenvalue weighted by atomic mass is 10.2. The van der Waals surface area contributed by atoms with Crippen molar-refractivity contribution in [2.24, 2.45) is 0 Å². The van der Waals surface area contributed by atoms with E-state index in [1.807, 2.05) is 0 Å². The summed E-state index contributed by atoms with van der Waals surface area (Å²) in [5, 5.41) is 1.91. The van der Waals surface area contributed by atoms with Crippen LogP contribution in [0, 0.1) is 0 Å². The van der Waals surface area contributed by atoms with Gasteiger partial charge in [-0.1, -0.05) is 34.8 Å². The largest absolute Gasteiger partial charge is 0.0840 e. The van der Waals surface area contributed by atoms with Gasteiger partial charge in [0, 0.05) is 15.3 Å². The second-order valence-electron chi connectivity index (χ2n) is 2.18. The average Bonchev–Trinajstić information content (AvgIpc) is 1.99. The standard InChI is InChI=1S/C7H7Cl3Si/c8-5-1-2-6(9)7(10)4(5)3-11/h1-2H,3H2,11H3. The van der Waals surface area contributed by atoms with E-state index in [1.54, 1.807) is 12.1 Å².